The monoisotopic (exact) mass is 503 g/mol. The fourth-order valence-corrected chi connectivity index (χ4v) is 3.25. The lowest BCUT2D eigenvalue weighted by Crippen LogP contribution is -2.33. The second-order valence-electron chi connectivity index (χ2n) is 5.15. The van der Waals surface area contributed by atoms with E-state index in [1.807, 2.05) is 0 Å². The predicted octanol–water partition coefficient (Wildman–Crippen LogP) is 3.85. The first-order valence-electron chi connectivity index (χ1n) is 7.35. The molecule has 26 heavy (non-hydrogen) atoms. The maximum absolute atomic E-state index is 12.3. The highest BCUT2D eigenvalue weighted by molar-refractivity contribution is 14.1. The molecule has 0 aliphatic rings. The van der Waals surface area contributed by atoms with Gasteiger partial charge in [0.15, 0.2) is 5.82 Å². The number of anilines is 1. The number of hydrogen-bond donors (Lipinski definition) is 2. The minimum Gasteiger partial charge on any atom is -0.328 e. The number of amides is 2. The average molecular weight is 504 g/mol. The number of carbonyl (C=O) groups excluding carboxylic acids is 1. The van der Waals surface area contributed by atoms with E-state index in [1.54, 1.807) is 37.5 Å². The third-order valence-electron chi connectivity index (χ3n) is 3.31. The molecule has 0 radical (unpaired) electrons. The van der Waals surface area contributed by atoms with Crippen molar-refractivity contribution >= 4 is 57.5 Å². The number of halogens is 3. The zero-order chi connectivity index (χ0) is 18.7. The lowest BCUT2D eigenvalue weighted by Gasteiger charge is -2.15. The van der Waals surface area contributed by atoms with Crippen molar-refractivity contribution < 1.29 is 4.79 Å². The lowest BCUT2D eigenvalue weighted by molar-refractivity contribution is 0.248. The first-order chi connectivity index (χ1) is 12.5. The molecule has 134 valence electrons. The van der Waals surface area contributed by atoms with E-state index in [9.17, 15) is 4.79 Å². The van der Waals surface area contributed by atoms with E-state index < -0.39 is 12.1 Å². The molecule has 0 aliphatic carbocycles. The molecule has 11 heteroatoms. The molecule has 2 N–H and O–H groups in total. The Hall–Kier alpha value is -1.98. The molecule has 0 fully saturated rings. The van der Waals surface area contributed by atoms with Crippen molar-refractivity contribution in [3.05, 3.63) is 56.4 Å². The van der Waals surface area contributed by atoms with Gasteiger partial charge in [-0.15, -0.1) is 0 Å². The van der Waals surface area contributed by atoms with E-state index in [0.717, 1.165) is 3.57 Å². The van der Waals surface area contributed by atoms with Crippen molar-refractivity contribution in [3.8, 4) is 5.95 Å². The van der Waals surface area contributed by atoms with Gasteiger partial charge in [0.25, 0.3) is 5.95 Å². The second kappa shape index (κ2) is 8.14. The summed E-state index contributed by atoms with van der Waals surface area (Å²) in [6.45, 7) is 1.78. The highest BCUT2D eigenvalue weighted by atomic mass is 127. The molecular formula is C15H12Cl2IN7O. The topological polar surface area (TPSA) is 97.6 Å². The molecule has 0 unspecified atom stereocenters. The number of carbonyl (C=O) groups is 1. The lowest BCUT2D eigenvalue weighted by atomic mass is 10.3. The van der Waals surface area contributed by atoms with Crippen LogP contribution in [0, 0.1) is 3.57 Å². The van der Waals surface area contributed by atoms with Gasteiger partial charge in [0.1, 0.15) is 6.33 Å². The van der Waals surface area contributed by atoms with Crippen LogP contribution in [0.25, 0.3) is 5.95 Å². The number of nitrogens with one attached hydrogen (secondary N) is 2. The summed E-state index contributed by atoms with van der Waals surface area (Å²) in [5.74, 6) is 0.864. The highest BCUT2D eigenvalue weighted by Gasteiger charge is 2.18. The summed E-state index contributed by atoms with van der Waals surface area (Å²) in [5.41, 5.74) is 0.553. The normalized spacial score (nSPS) is 11.8. The third-order valence-corrected chi connectivity index (χ3v) is 4.92. The van der Waals surface area contributed by atoms with Crippen LogP contribution < -0.4 is 10.6 Å². The van der Waals surface area contributed by atoms with Gasteiger partial charge in [-0.3, -0.25) is 0 Å². The van der Waals surface area contributed by atoms with E-state index in [2.05, 4.69) is 53.3 Å². The first kappa shape index (κ1) is 18.8. The summed E-state index contributed by atoms with van der Waals surface area (Å²) >= 11 is 14.0. The summed E-state index contributed by atoms with van der Waals surface area (Å²) in [4.78, 5) is 24.8. The number of benzene rings is 1. The maximum atomic E-state index is 12.3. The zero-order valence-corrected chi connectivity index (χ0v) is 17.0. The van der Waals surface area contributed by atoms with Crippen LogP contribution in [-0.2, 0) is 0 Å². The van der Waals surface area contributed by atoms with Gasteiger partial charge < -0.3 is 10.6 Å². The Morgan fingerprint density at radius 2 is 1.88 bits per heavy atom. The first-order valence-corrected chi connectivity index (χ1v) is 9.18. The summed E-state index contributed by atoms with van der Waals surface area (Å²) in [5, 5.41) is 10.4. The molecule has 2 heterocycles. The van der Waals surface area contributed by atoms with Gasteiger partial charge in [-0.1, -0.05) is 23.2 Å². The van der Waals surface area contributed by atoms with Crippen LogP contribution in [0.1, 0.15) is 18.8 Å². The van der Waals surface area contributed by atoms with E-state index in [0.29, 0.717) is 27.5 Å². The summed E-state index contributed by atoms with van der Waals surface area (Å²) in [7, 11) is 0. The molecule has 1 aromatic carbocycles. The largest absolute Gasteiger partial charge is 0.328 e. The molecule has 0 saturated heterocycles. The van der Waals surface area contributed by atoms with Crippen molar-refractivity contribution in [1.29, 1.82) is 0 Å². The summed E-state index contributed by atoms with van der Waals surface area (Å²) in [6, 6.07) is 4.11. The van der Waals surface area contributed by atoms with Crippen LogP contribution in [-0.4, -0.2) is 30.8 Å². The summed E-state index contributed by atoms with van der Waals surface area (Å²) in [6.07, 6.45) is 4.58. The van der Waals surface area contributed by atoms with E-state index in [-0.39, 0.29) is 0 Å². The fraction of sp³-hybridized carbons (Fsp3) is 0.133. The molecule has 2 aromatic heterocycles. The number of rotatable bonds is 4. The van der Waals surface area contributed by atoms with Crippen LogP contribution in [0.3, 0.4) is 0 Å². The SMILES string of the molecule is C[C@H](NC(=O)Nc1cc(Cl)c(Cl)cc1I)c1ncnn1-c1ncccn1. The van der Waals surface area contributed by atoms with Crippen molar-refractivity contribution in [2.24, 2.45) is 0 Å². The van der Waals surface area contributed by atoms with Gasteiger partial charge >= 0.3 is 6.03 Å². The molecule has 2 amide bonds. The Bertz CT molecular complexity index is 935. The van der Waals surface area contributed by atoms with Crippen LogP contribution in [0.5, 0.6) is 0 Å². The predicted molar refractivity (Wildman–Crippen MR) is 107 cm³/mol. The van der Waals surface area contributed by atoms with Gasteiger partial charge in [0.05, 0.1) is 21.8 Å². The van der Waals surface area contributed by atoms with Gasteiger partial charge in [0, 0.05) is 16.0 Å². The fourth-order valence-electron chi connectivity index (χ4n) is 2.14. The van der Waals surface area contributed by atoms with E-state index >= 15 is 0 Å². The quantitative estimate of drug-likeness (QED) is 0.416. The summed E-state index contributed by atoms with van der Waals surface area (Å²) < 4.78 is 2.23. The smallest absolute Gasteiger partial charge is 0.319 e. The average Bonchev–Trinajstić information content (AvgIpc) is 3.10. The Balaban J connectivity index is 1.73. The maximum Gasteiger partial charge on any atom is 0.319 e. The molecule has 0 spiro atoms. The molecular weight excluding hydrogens is 492 g/mol. The van der Waals surface area contributed by atoms with Gasteiger partial charge in [-0.05, 0) is 47.7 Å². The van der Waals surface area contributed by atoms with E-state index in [1.165, 1.54) is 11.0 Å². The second-order valence-corrected chi connectivity index (χ2v) is 7.12. The van der Waals surface area contributed by atoms with Crippen LogP contribution >= 0.6 is 45.8 Å². The minimum absolute atomic E-state index is 0.358. The highest BCUT2D eigenvalue weighted by Crippen LogP contribution is 2.30. The zero-order valence-electron chi connectivity index (χ0n) is 13.3. The standard InChI is InChI=1S/C15H12Cl2IN7O/c1-8(13-21-7-22-25(13)14-19-3-2-4-20-14)23-15(26)24-12-6-10(17)9(16)5-11(12)18/h2-8H,1H3,(H2,23,24,26)/t8-/m0/s1. The molecule has 1 atom stereocenters. The Kier molecular flexibility index (Phi) is 5.89. The molecule has 3 rings (SSSR count). The van der Waals surface area contributed by atoms with Crippen molar-refractivity contribution in [2.45, 2.75) is 13.0 Å². The Labute approximate surface area is 172 Å². The molecule has 0 bridgehead atoms. The van der Waals surface area contributed by atoms with Crippen LogP contribution in [0.15, 0.2) is 36.9 Å². The number of aromatic nitrogens is 5. The third kappa shape index (κ3) is 4.22. The van der Waals surface area contributed by atoms with Crippen molar-refractivity contribution in [2.75, 3.05) is 5.32 Å². The molecule has 0 aliphatic heterocycles. The molecule has 0 saturated carbocycles. The van der Waals surface area contributed by atoms with Gasteiger partial charge in [0.2, 0.25) is 0 Å². The van der Waals surface area contributed by atoms with Gasteiger partial charge in [-0.25, -0.2) is 19.7 Å². The van der Waals surface area contributed by atoms with E-state index in [4.69, 9.17) is 23.2 Å². The van der Waals surface area contributed by atoms with Crippen molar-refractivity contribution in [3.63, 3.8) is 0 Å². The Morgan fingerprint density at radius 3 is 2.62 bits per heavy atom. The Morgan fingerprint density at radius 1 is 1.19 bits per heavy atom. The molecule has 8 nitrogen and oxygen atoms in total. The van der Waals surface area contributed by atoms with Crippen LogP contribution in [0.2, 0.25) is 10.0 Å². The number of urea groups is 1. The van der Waals surface area contributed by atoms with Crippen molar-refractivity contribution in [1.82, 2.24) is 30.0 Å². The van der Waals surface area contributed by atoms with Crippen LogP contribution in [0.4, 0.5) is 10.5 Å². The molecule has 3 aromatic rings. The minimum atomic E-state index is -0.443. The number of hydrogen-bond acceptors (Lipinski definition) is 5. The number of nitrogens with zero attached hydrogens (tertiary/aromatic N) is 5. The van der Waals surface area contributed by atoms with Gasteiger partial charge in [-0.2, -0.15) is 9.78 Å².